The molecule has 0 saturated carbocycles. The van der Waals surface area contributed by atoms with Crippen LogP contribution in [-0.4, -0.2) is 30.0 Å². The lowest BCUT2D eigenvalue weighted by Crippen LogP contribution is -2.20. The number of benzene rings is 2. The number of non-ortho nitro benzene ring substituents is 1. The van der Waals surface area contributed by atoms with E-state index in [4.69, 9.17) is 4.74 Å². The predicted octanol–water partition coefficient (Wildman–Crippen LogP) is 3.39. The summed E-state index contributed by atoms with van der Waals surface area (Å²) in [5.74, 6) is -1.47. The minimum absolute atomic E-state index is 0.0594. The van der Waals surface area contributed by atoms with Crippen molar-refractivity contribution >= 4 is 29.3 Å². The van der Waals surface area contributed by atoms with Crippen LogP contribution in [-0.2, 0) is 14.3 Å². The molecule has 0 aliphatic rings. The number of nitrogens with one attached hydrogen (secondary N) is 1. The van der Waals surface area contributed by atoms with E-state index in [2.05, 4.69) is 10.1 Å². The number of hydrogen-bond acceptors (Lipinski definition) is 6. The van der Waals surface area contributed by atoms with Gasteiger partial charge in [0.2, 0.25) is 0 Å². The number of nitrogens with zero attached hydrogens (tertiary/aromatic N) is 1. The minimum atomic E-state index is -2.95. The Morgan fingerprint density at radius 2 is 1.75 bits per heavy atom. The molecule has 1 N–H and O–H groups in total. The molecule has 8 nitrogen and oxygen atoms in total. The first-order valence-electron chi connectivity index (χ1n) is 7.77. The number of anilines is 1. The van der Waals surface area contributed by atoms with Gasteiger partial charge in [0.1, 0.15) is 5.75 Å². The number of ether oxygens (including phenoxy) is 2. The first kappa shape index (κ1) is 20.5. The van der Waals surface area contributed by atoms with Crippen LogP contribution >= 0.6 is 0 Å². The first-order valence-corrected chi connectivity index (χ1v) is 7.77. The van der Waals surface area contributed by atoms with Gasteiger partial charge in [0, 0.05) is 23.9 Å². The number of nitro benzene ring substituents is 1. The number of nitro groups is 1. The van der Waals surface area contributed by atoms with Gasteiger partial charge >= 0.3 is 12.6 Å². The van der Waals surface area contributed by atoms with E-state index in [9.17, 15) is 28.5 Å². The molecule has 2 aromatic rings. The van der Waals surface area contributed by atoms with E-state index in [1.807, 2.05) is 0 Å². The zero-order valence-electron chi connectivity index (χ0n) is 14.2. The lowest BCUT2D eigenvalue weighted by Gasteiger charge is -2.07. The van der Waals surface area contributed by atoms with Gasteiger partial charge in [0.25, 0.3) is 11.6 Å². The molecule has 0 bridgehead atoms. The van der Waals surface area contributed by atoms with Gasteiger partial charge in [-0.25, -0.2) is 4.79 Å². The smallest absolute Gasteiger partial charge is 0.387 e. The third-order valence-electron chi connectivity index (χ3n) is 3.22. The fourth-order valence-electron chi connectivity index (χ4n) is 1.97. The maximum atomic E-state index is 12.1. The van der Waals surface area contributed by atoms with E-state index in [0.717, 1.165) is 6.08 Å². The summed E-state index contributed by atoms with van der Waals surface area (Å²) in [6, 6.07) is 10.7. The predicted molar refractivity (Wildman–Crippen MR) is 94.8 cm³/mol. The lowest BCUT2D eigenvalue weighted by molar-refractivity contribution is -0.384. The quantitative estimate of drug-likeness (QED) is 0.319. The van der Waals surface area contributed by atoms with Gasteiger partial charge in [0.05, 0.1) is 4.92 Å². The van der Waals surface area contributed by atoms with Crippen LogP contribution in [0.5, 0.6) is 5.75 Å². The van der Waals surface area contributed by atoms with E-state index >= 15 is 0 Å². The standard InChI is InChI=1S/C18H14F2N2O6/c19-18(20)28-15-8-4-13(5-9-15)21-16(23)11-27-17(24)10-3-12-1-6-14(7-2-12)22(25)26/h1-10,18H,11H2,(H,21,23). The Morgan fingerprint density at radius 1 is 1.11 bits per heavy atom. The van der Waals surface area contributed by atoms with Crippen LogP contribution in [0.1, 0.15) is 5.56 Å². The van der Waals surface area contributed by atoms with Crippen molar-refractivity contribution in [2.75, 3.05) is 11.9 Å². The number of amides is 1. The molecule has 1 amide bonds. The Balaban J connectivity index is 1.78. The van der Waals surface area contributed by atoms with Crippen molar-refractivity contribution in [3.05, 3.63) is 70.3 Å². The van der Waals surface area contributed by atoms with Crippen molar-refractivity contribution < 1.29 is 32.8 Å². The molecule has 146 valence electrons. The SMILES string of the molecule is O=C(COC(=O)C=Cc1ccc([N+](=O)[O-])cc1)Nc1ccc(OC(F)F)cc1. The molecule has 0 saturated heterocycles. The molecule has 0 fully saturated rings. The molecule has 0 aromatic heterocycles. The fraction of sp³-hybridized carbons (Fsp3) is 0.111. The fourth-order valence-corrected chi connectivity index (χ4v) is 1.97. The summed E-state index contributed by atoms with van der Waals surface area (Å²) in [5.41, 5.74) is 0.771. The summed E-state index contributed by atoms with van der Waals surface area (Å²) in [7, 11) is 0. The minimum Gasteiger partial charge on any atom is -0.452 e. The summed E-state index contributed by atoms with van der Waals surface area (Å²) < 4.78 is 33.1. The van der Waals surface area contributed by atoms with Crippen LogP contribution in [0.15, 0.2) is 54.6 Å². The van der Waals surface area contributed by atoms with Crippen molar-refractivity contribution in [1.82, 2.24) is 0 Å². The normalized spacial score (nSPS) is 10.7. The molecule has 0 aliphatic heterocycles. The molecular formula is C18H14F2N2O6. The molecule has 2 rings (SSSR count). The Morgan fingerprint density at radius 3 is 2.32 bits per heavy atom. The van der Waals surface area contributed by atoms with Crippen LogP contribution in [0.25, 0.3) is 6.08 Å². The second-order valence-electron chi connectivity index (χ2n) is 5.24. The van der Waals surface area contributed by atoms with Gasteiger partial charge in [-0.2, -0.15) is 8.78 Å². The Labute approximate surface area is 157 Å². The van der Waals surface area contributed by atoms with Crippen LogP contribution in [0, 0.1) is 10.1 Å². The zero-order chi connectivity index (χ0) is 20.5. The maximum absolute atomic E-state index is 12.1. The maximum Gasteiger partial charge on any atom is 0.387 e. The molecule has 0 atom stereocenters. The molecule has 0 aliphatic carbocycles. The van der Waals surface area contributed by atoms with E-state index < -0.39 is 30.0 Å². The van der Waals surface area contributed by atoms with E-state index in [-0.39, 0.29) is 11.4 Å². The largest absolute Gasteiger partial charge is 0.452 e. The molecule has 10 heteroatoms. The summed E-state index contributed by atoms with van der Waals surface area (Å²) >= 11 is 0. The molecule has 0 heterocycles. The number of carbonyl (C=O) groups excluding carboxylic acids is 2. The summed E-state index contributed by atoms with van der Waals surface area (Å²) in [4.78, 5) is 33.4. The van der Waals surface area contributed by atoms with Crippen molar-refractivity contribution in [2.45, 2.75) is 6.61 Å². The van der Waals surface area contributed by atoms with E-state index in [1.54, 1.807) is 0 Å². The summed E-state index contributed by atoms with van der Waals surface area (Å²) in [5, 5.41) is 13.0. The van der Waals surface area contributed by atoms with Gasteiger partial charge in [-0.05, 0) is 48.0 Å². The summed E-state index contributed by atoms with van der Waals surface area (Å²) in [6.45, 7) is -3.50. The Kier molecular flexibility index (Phi) is 7.14. The Hall–Kier alpha value is -3.82. The molecule has 0 radical (unpaired) electrons. The highest BCUT2D eigenvalue weighted by atomic mass is 19.3. The van der Waals surface area contributed by atoms with Crippen LogP contribution in [0.2, 0.25) is 0 Å². The topological polar surface area (TPSA) is 108 Å². The molecular weight excluding hydrogens is 378 g/mol. The average molecular weight is 392 g/mol. The number of hydrogen-bond donors (Lipinski definition) is 1. The number of alkyl halides is 2. The average Bonchev–Trinajstić information content (AvgIpc) is 2.66. The molecule has 28 heavy (non-hydrogen) atoms. The van der Waals surface area contributed by atoms with Gasteiger partial charge < -0.3 is 14.8 Å². The third kappa shape index (κ3) is 6.83. The zero-order valence-corrected chi connectivity index (χ0v) is 14.2. The summed E-state index contributed by atoms with van der Waals surface area (Å²) in [6.07, 6.45) is 2.45. The number of carbonyl (C=O) groups is 2. The third-order valence-corrected chi connectivity index (χ3v) is 3.22. The van der Waals surface area contributed by atoms with Gasteiger partial charge in [-0.15, -0.1) is 0 Å². The van der Waals surface area contributed by atoms with Gasteiger partial charge in [-0.1, -0.05) is 0 Å². The van der Waals surface area contributed by atoms with Crippen molar-refractivity contribution in [3.63, 3.8) is 0 Å². The molecule has 0 spiro atoms. The van der Waals surface area contributed by atoms with Crippen LogP contribution in [0.3, 0.4) is 0 Å². The van der Waals surface area contributed by atoms with E-state index in [0.29, 0.717) is 11.3 Å². The number of halogens is 2. The van der Waals surface area contributed by atoms with Crippen molar-refractivity contribution in [1.29, 1.82) is 0 Å². The first-order chi connectivity index (χ1) is 13.3. The monoisotopic (exact) mass is 392 g/mol. The lowest BCUT2D eigenvalue weighted by atomic mass is 10.2. The molecule has 0 unspecified atom stereocenters. The van der Waals surface area contributed by atoms with E-state index in [1.165, 1.54) is 54.6 Å². The molecule has 2 aromatic carbocycles. The van der Waals surface area contributed by atoms with Gasteiger partial charge in [0.15, 0.2) is 6.61 Å². The number of esters is 1. The highest BCUT2D eigenvalue weighted by molar-refractivity contribution is 5.94. The van der Waals surface area contributed by atoms with Crippen molar-refractivity contribution in [2.24, 2.45) is 0 Å². The second-order valence-corrected chi connectivity index (χ2v) is 5.24. The van der Waals surface area contributed by atoms with Crippen LogP contribution in [0.4, 0.5) is 20.2 Å². The highest BCUT2D eigenvalue weighted by Crippen LogP contribution is 2.17. The Bertz CT molecular complexity index is 867. The second kappa shape index (κ2) is 9.76. The van der Waals surface area contributed by atoms with Gasteiger partial charge in [-0.3, -0.25) is 14.9 Å². The van der Waals surface area contributed by atoms with Crippen LogP contribution < -0.4 is 10.1 Å². The highest BCUT2D eigenvalue weighted by Gasteiger charge is 2.08. The number of rotatable bonds is 8. The van der Waals surface area contributed by atoms with Crippen molar-refractivity contribution in [3.8, 4) is 5.75 Å².